The number of allylic oxidation sites excluding steroid dienone is 3. The van der Waals surface area contributed by atoms with Crippen molar-refractivity contribution in [3.05, 3.63) is 84.1 Å². The molecule has 20 heavy (non-hydrogen) atoms. The summed E-state index contributed by atoms with van der Waals surface area (Å²) in [5, 5.41) is 9.26. The molecule has 0 saturated heterocycles. The fourth-order valence-corrected chi connectivity index (χ4v) is 1.83. The Morgan fingerprint density at radius 2 is 1.60 bits per heavy atom. The van der Waals surface area contributed by atoms with E-state index in [0.29, 0.717) is 5.70 Å². The SMILES string of the molecule is CN(/C(C#N)=C/C=C/c1ccccc1)c1ccccc1. The van der Waals surface area contributed by atoms with Crippen molar-refractivity contribution < 1.29 is 0 Å². The van der Waals surface area contributed by atoms with Gasteiger partial charge in [0.25, 0.3) is 0 Å². The van der Waals surface area contributed by atoms with Gasteiger partial charge in [-0.15, -0.1) is 0 Å². The van der Waals surface area contributed by atoms with E-state index in [2.05, 4.69) is 6.07 Å². The van der Waals surface area contributed by atoms with Gasteiger partial charge < -0.3 is 4.90 Å². The summed E-state index contributed by atoms with van der Waals surface area (Å²) in [6.07, 6.45) is 5.70. The van der Waals surface area contributed by atoms with Gasteiger partial charge in [-0.25, -0.2) is 0 Å². The Labute approximate surface area is 119 Å². The summed E-state index contributed by atoms with van der Waals surface area (Å²) in [7, 11) is 1.89. The number of hydrogen-bond donors (Lipinski definition) is 0. The average Bonchev–Trinajstić information content (AvgIpc) is 2.53. The van der Waals surface area contributed by atoms with Gasteiger partial charge in [-0.3, -0.25) is 0 Å². The van der Waals surface area contributed by atoms with Gasteiger partial charge in [0.15, 0.2) is 0 Å². The maximum atomic E-state index is 9.26. The van der Waals surface area contributed by atoms with Crippen molar-refractivity contribution in [2.45, 2.75) is 0 Å². The molecule has 0 aliphatic heterocycles. The zero-order valence-corrected chi connectivity index (χ0v) is 11.4. The lowest BCUT2D eigenvalue weighted by molar-refractivity contribution is 1.14. The maximum absolute atomic E-state index is 9.26. The number of benzene rings is 2. The smallest absolute Gasteiger partial charge is 0.120 e. The zero-order chi connectivity index (χ0) is 14.2. The van der Waals surface area contributed by atoms with Crippen LogP contribution in [0, 0.1) is 11.3 Å². The number of hydrogen-bond acceptors (Lipinski definition) is 2. The molecule has 2 aromatic carbocycles. The van der Waals surface area contributed by atoms with E-state index < -0.39 is 0 Å². The van der Waals surface area contributed by atoms with Crippen molar-refractivity contribution in [2.24, 2.45) is 0 Å². The molecular weight excluding hydrogens is 244 g/mol. The first kappa shape index (κ1) is 13.6. The van der Waals surface area contributed by atoms with Crippen molar-refractivity contribution in [2.75, 3.05) is 11.9 Å². The van der Waals surface area contributed by atoms with Gasteiger partial charge >= 0.3 is 0 Å². The normalized spacial score (nSPS) is 11.3. The molecule has 2 nitrogen and oxygen atoms in total. The number of anilines is 1. The minimum atomic E-state index is 0.600. The van der Waals surface area contributed by atoms with E-state index in [9.17, 15) is 5.26 Å². The van der Waals surface area contributed by atoms with Gasteiger partial charge in [-0.1, -0.05) is 60.7 Å². The summed E-state index contributed by atoms with van der Waals surface area (Å²) in [5.41, 5.74) is 2.71. The second-order valence-corrected chi connectivity index (χ2v) is 4.33. The second-order valence-electron chi connectivity index (χ2n) is 4.33. The minimum absolute atomic E-state index is 0.600. The standard InChI is InChI=1S/C18H16N2/c1-20(17-12-6-3-7-13-17)18(15-19)14-8-11-16-9-4-2-5-10-16/h2-14H,1H3/b11-8+,18-14+. The van der Waals surface area contributed by atoms with E-state index in [1.807, 2.05) is 90.8 Å². The summed E-state index contributed by atoms with van der Waals surface area (Å²) < 4.78 is 0. The van der Waals surface area contributed by atoms with Crippen LogP contribution in [-0.4, -0.2) is 7.05 Å². The number of nitriles is 1. The lowest BCUT2D eigenvalue weighted by Gasteiger charge is -2.17. The summed E-state index contributed by atoms with van der Waals surface area (Å²) in [5.74, 6) is 0. The first-order valence-electron chi connectivity index (χ1n) is 6.43. The van der Waals surface area contributed by atoms with Gasteiger partial charge in [0.05, 0.1) is 0 Å². The van der Waals surface area contributed by atoms with Crippen LogP contribution in [0.5, 0.6) is 0 Å². The van der Waals surface area contributed by atoms with Crippen LogP contribution in [0.15, 0.2) is 78.5 Å². The summed E-state index contributed by atoms with van der Waals surface area (Å²) >= 11 is 0. The Kier molecular flexibility index (Phi) is 4.75. The number of rotatable bonds is 4. The highest BCUT2D eigenvalue weighted by Crippen LogP contribution is 2.16. The molecular formula is C18H16N2. The van der Waals surface area contributed by atoms with Gasteiger partial charge in [0, 0.05) is 12.7 Å². The molecule has 0 aromatic heterocycles. The van der Waals surface area contributed by atoms with E-state index in [-0.39, 0.29) is 0 Å². The minimum Gasteiger partial charge on any atom is -0.336 e. The molecule has 0 bridgehead atoms. The lowest BCUT2D eigenvalue weighted by atomic mass is 10.2. The van der Waals surface area contributed by atoms with Crippen LogP contribution in [-0.2, 0) is 0 Å². The maximum Gasteiger partial charge on any atom is 0.120 e. The molecule has 2 heteroatoms. The van der Waals surface area contributed by atoms with Crippen LogP contribution in [0.3, 0.4) is 0 Å². The highest BCUT2D eigenvalue weighted by atomic mass is 15.1. The molecule has 0 aliphatic carbocycles. The molecule has 0 atom stereocenters. The zero-order valence-electron chi connectivity index (χ0n) is 11.4. The molecule has 0 amide bonds. The quantitative estimate of drug-likeness (QED) is 0.607. The third kappa shape index (κ3) is 3.60. The second kappa shape index (κ2) is 6.96. The van der Waals surface area contributed by atoms with Crippen molar-refractivity contribution in [3.63, 3.8) is 0 Å². The fourth-order valence-electron chi connectivity index (χ4n) is 1.83. The number of para-hydroxylation sites is 1. The summed E-state index contributed by atoms with van der Waals surface area (Å²) in [6, 6.07) is 22.1. The Balaban J connectivity index is 2.15. The Morgan fingerprint density at radius 3 is 2.20 bits per heavy atom. The van der Waals surface area contributed by atoms with E-state index in [1.54, 1.807) is 0 Å². The lowest BCUT2D eigenvalue weighted by Crippen LogP contribution is -2.14. The highest BCUT2D eigenvalue weighted by Gasteiger charge is 2.04. The molecule has 0 heterocycles. The highest BCUT2D eigenvalue weighted by molar-refractivity contribution is 5.57. The van der Waals surface area contributed by atoms with Crippen molar-refractivity contribution in [1.29, 1.82) is 5.26 Å². The van der Waals surface area contributed by atoms with Crippen molar-refractivity contribution >= 4 is 11.8 Å². The van der Waals surface area contributed by atoms with Gasteiger partial charge in [0.2, 0.25) is 0 Å². The first-order valence-corrected chi connectivity index (χ1v) is 6.43. The monoisotopic (exact) mass is 260 g/mol. The van der Waals surface area contributed by atoms with Crippen LogP contribution in [0.25, 0.3) is 6.08 Å². The summed E-state index contributed by atoms with van der Waals surface area (Å²) in [6.45, 7) is 0. The molecule has 0 aliphatic rings. The van der Waals surface area contributed by atoms with Gasteiger partial charge in [-0.05, 0) is 23.8 Å². The van der Waals surface area contributed by atoms with Crippen LogP contribution in [0.2, 0.25) is 0 Å². The Morgan fingerprint density at radius 1 is 1.00 bits per heavy atom. The predicted molar refractivity (Wildman–Crippen MR) is 84.0 cm³/mol. The molecule has 0 unspecified atom stereocenters. The molecule has 98 valence electrons. The van der Waals surface area contributed by atoms with Crippen LogP contribution < -0.4 is 4.90 Å². The third-order valence-corrected chi connectivity index (χ3v) is 2.96. The largest absolute Gasteiger partial charge is 0.336 e. The predicted octanol–water partition coefficient (Wildman–Crippen LogP) is 4.24. The molecule has 0 fully saturated rings. The van der Waals surface area contributed by atoms with Gasteiger partial charge in [0.1, 0.15) is 11.8 Å². The third-order valence-electron chi connectivity index (χ3n) is 2.96. The van der Waals surface area contributed by atoms with Crippen molar-refractivity contribution in [1.82, 2.24) is 0 Å². The molecule has 0 spiro atoms. The molecule has 0 N–H and O–H groups in total. The fraction of sp³-hybridized carbons (Fsp3) is 0.0556. The molecule has 2 rings (SSSR count). The first-order chi connectivity index (χ1) is 9.81. The number of nitrogens with zero attached hydrogens (tertiary/aromatic N) is 2. The summed E-state index contributed by atoms with van der Waals surface area (Å²) in [4.78, 5) is 1.87. The molecule has 0 radical (unpaired) electrons. The van der Waals surface area contributed by atoms with Crippen molar-refractivity contribution in [3.8, 4) is 6.07 Å². The van der Waals surface area contributed by atoms with E-state index in [1.165, 1.54) is 0 Å². The topological polar surface area (TPSA) is 27.0 Å². The van der Waals surface area contributed by atoms with E-state index >= 15 is 0 Å². The van der Waals surface area contributed by atoms with Crippen LogP contribution in [0.1, 0.15) is 5.56 Å². The van der Waals surface area contributed by atoms with Crippen LogP contribution >= 0.6 is 0 Å². The Hall–Kier alpha value is -2.79. The van der Waals surface area contributed by atoms with Crippen LogP contribution in [0.4, 0.5) is 5.69 Å². The average molecular weight is 260 g/mol. The molecule has 0 saturated carbocycles. The van der Waals surface area contributed by atoms with Gasteiger partial charge in [-0.2, -0.15) is 5.26 Å². The van der Waals surface area contributed by atoms with E-state index in [4.69, 9.17) is 0 Å². The van der Waals surface area contributed by atoms with E-state index in [0.717, 1.165) is 11.3 Å². The Bertz CT molecular complexity index is 634. The molecule has 2 aromatic rings.